The highest BCUT2D eigenvalue weighted by Gasteiger charge is 2.24. The van der Waals surface area contributed by atoms with Crippen LogP contribution in [-0.4, -0.2) is 55.1 Å². The second kappa shape index (κ2) is 10.6. The molecule has 2 aromatic rings. The fraction of sp³-hybridized carbons (Fsp3) is 0.500. The van der Waals surface area contributed by atoms with Crippen LogP contribution < -0.4 is 11.1 Å². The molecule has 1 unspecified atom stereocenters. The number of nitrogens with two attached hydrogens (primary N) is 1. The number of likely N-dealkylation sites (tertiary alicyclic amines) is 1. The number of hydrogen-bond donors (Lipinski definition) is 2. The molecule has 4 heteroatoms. The monoisotopic (exact) mass is 380 g/mol. The van der Waals surface area contributed by atoms with Crippen LogP contribution in [0.4, 0.5) is 5.69 Å². The van der Waals surface area contributed by atoms with Crippen LogP contribution in [0.5, 0.6) is 0 Å². The molecule has 4 nitrogen and oxygen atoms in total. The van der Waals surface area contributed by atoms with E-state index in [2.05, 4.69) is 71.4 Å². The molecule has 0 radical (unpaired) electrons. The van der Waals surface area contributed by atoms with E-state index in [1.54, 1.807) is 0 Å². The Morgan fingerprint density at radius 3 is 2.29 bits per heavy atom. The zero-order valence-electron chi connectivity index (χ0n) is 17.5. The average molecular weight is 381 g/mol. The van der Waals surface area contributed by atoms with Crippen LogP contribution in [0.3, 0.4) is 0 Å². The Labute approximate surface area is 170 Å². The molecular weight excluding hydrogens is 344 g/mol. The van der Waals surface area contributed by atoms with Crippen LogP contribution in [0.1, 0.15) is 43.9 Å². The maximum absolute atomic E-state index is 6.33. The fourth-order valence-electron chi connectivity index (χ4n) is 4.17. The van der Waals surface area contributed by atoms with Crippen LogP contribution in [0.15, 0.2) is 54.6 Å². The van der Waals surface area contributed by atoms with Crippen molar-refractivity contribution in [1.82, 2.24) is 15.1 Å². The molecular formula is C24H36N4. The van der Waals surface area contributed by atoms with Gasteiger partial charge in [0.05, 0.1) is 6.04 Å². The molecule has 2 aromatic carbocycles. The molecule has 1 saturated heterocycles. The lowest BCUT2D eigenvalue weighted by Crippen LogP contribution is -2.46. The molecule has 0 saturated carbocycles. The molecule has 1 heterocycles. The number of nitrogen functional groups attached to an aromatic ring is 1. The van der Waals surface area contributed by atoms with Crippen LogP contribution in [0.2, 0.25) is 0 Å². The minimum atomic E-state index is 0.148. The van der Waals surface area contributed by atoms with Gasteiger partial charge in [-0.2, -0.15) is 0 Å². The molecule has 1 aliphatic heterocycles. The van der Waals surface area contributed by atoms with Crippen molar-refractivity contribution in [2.24, 2.45) is 0 Å². The molecule has 0 aliphatic carbocycles. The number of benzene rings is 2. The zero-order chi connectivity index (χ0) is 19.8. The van der Waals surface area contributed by atoms with Gasteiger partial charge in [0.25, 0.3) is 0 Å². The number of para-hydroxylation sites is 1. The molecule has 1 fully saturated rings. The van der Waals surface area contributed by atoms with Gasteiger partial charge in [-0.3, -0.25) is 0 Å². The van der Waals surface area contributed by atoms with Crippen LogP contribution >= 0.6 is 0 Å². The number of nitrogens with zero attached hydrogens (tertiary/aromatic N) is 2. The second-order valence-corrected chi connectivity index (χ2v) is 7.78. The van der Waals surface area contributed by atoms with E-state index in [1.807, 2.05) is 12.1 Å². The first-order valence-corrected chi connectivity index (χ1v) is 10.8. The molecule has 1 atom stereocenters. The van der Waals surface area contributed by atoms with Crippen LogP contribution in [0, 0.1) is 0 Å². The van der Waals surface area contributed by atoms with Crippen LogP contribution in [0.25, 0.3) is 0 Å². The topological polar surface area (TPSA) is 44.5 Å². The lowest BCUT2D eigenvalue weighted by molar-refractivity contribution is 0.167. The van der Waals surface area contributed by atoms with Crippen molar-refractivity contribution >= 4 is 5.69 Å². The summed E-state index contributed by atoms with van der Waals surface area (Å²) in [5, 5.41) is 3.92. The lowest BCUT2D eigenvalue weighted by Gasteiger charge is -2.36. The summed E-state index contributed by atoms with van der Waals surface area (Å²) in [6.07, 6.45) is 2.38. The van der Waals surface area contributed by atoms with Gasteiger partial charge in [0.2, 0.25) is 0 Å². The predicted octanol–water partition coefficient (Wildman–Crippen LogP) is 3.75. The van der Waals surface area contributed by atoms with Gasteiger partial charge in [0, 0.05) is 24.8 Å². The van der Waals surface area contributed by atoms with Crippen molar-refractivity contribution in [3.8, 4) is 0 Å². The Kier molecular flexibility index (Phi) is 7.90. The van der Waals surface area contributed by atoms with Gasteiger partial charge < -0.3 is 20.9 Å². The molecule has 3 rings (SSSR count). The van der Waals surface area contributed by atoms with Crippen molar-refractivity contribution in [1.29, 1.82) is 0 Å². The highest BCUT2D eigenvalue weighted by Crippen LogP contribution is 2.28. The third kappa shape index (κ3) is 5.57. The number of nitrogens with one attached hydrogen (secondary N) is 1. The molecule has 3 N–H and O–H groups in total. The summed E-state index contributed by atoms with van der Waals surface area (Å²) in [6, 6.07) is 19.6. The van der Waals surface area contributed by atoms with Gasteiger partial charge >= 0.3 is 0 Å². The van der Waals surface area contributed by atoms with Gasteiger partial charge in [-0.15, -0.1) is 0 Å². The Morgan fingerprint density at radius 1 is 1.00 bits per heavy atom. The van der Waals surface area contributed by atoms with E-state index in [0.29, 0.717) is 6.04 Å². The molecule has 1 aliphatic rings. The third-order valence-corrected chi connectivity index (χ3v) is 6.06. The number of anilines is 1. The van der Waals surface area contributed by atoms with Gasteiger partial charge in [0.15, 0.2) is 0 Å². The summed E-state index contributed by atoms with van der Waals surface area (Å²) in [4.78, 5) is 5.12. The second-order valence-electron chi connectivity index (χ2n) is 7.78. The quantitative estimate of drug-likeness (QED) is 0.650. The number of hydrogen-bond acceptors (Lipinski definition) is 4. The van der Waals surface area contributed by atoms with Gasteiger partial charge in [-0.1, -0.05) is 62.4 Å². The SMILES string of the molecule is CCN(CC)CCN1CCC(NC(c2ccccc2)c2ccccc2N)CC1. The Bertz CT molecular complexity index is 691. The first kappa shape index (κ1) is 20.8. The minimum absolute atomic E-state index is 0.148. The molecule has 0 spiro atoms. The van der Waals surface area contributed by atoms with Gasteiger partial charge in [-0.05, 0) is 56.2 Å². The smallest absolute Gasteiger partial charge is 0.0599 e. The van der Waals surface area contributed by atoms with Crippen LogP contribution in [-0.2, 0) is 0 Å². The van der Waals surface area contributed by atoms with E-state index in [4.69, 9.17) is 5.73 Å². The summed E-state index contributed by atoms with van der Waals surface area (Å²) in [6.45, 7) is 11.5. The van der Waals surface area contributed by atoms with E-state index < -0.39 is 0 Å². The molecule has 0 amide bonds. The maximum Gasteiger partial charge on any atom is 0.0599 e. The minimum Gasteiger partial charge on any atom is -0.398 e. The predicted molar refractivity (Wildman–Crippen MR) is 120 cm³/mol. The summed E-state index contributed by atoms with van der Waals surface area (Å²) in [5.41, 5.74) is 9.65. The van der Waals surface area contributed by atoms with Crippen molar-refractivity contribution in [3.63, 3.8) is 0 Å². The largest absolute Gasteiger partial charge is 0.398 e. The Morgan fingerprint density at radius 2 is 1.64 bits per heavy atom. The number of piperidine rings is 1. The van der Waals surface area contributed by atoms with E-state index in [9.17, 15) is 0 Å². The maximum atomic E-state index is 6.33. The highest BCUT2D eigenvalue weighted by atomic mass is 15.2. The van der Waals surface area contributed by atoms with E-state index >= 15 is 0 Å². The highest BCUT2D eigenvalue weighted by molar-refractivity contribution is 5.51. The van der Waals surface area contributed by atoms with Crippen molar-refractivity contribution < 1.29 is 0 Å². The van der Waals surface area contributed by atoms with Crippen molar-refractivity contribution in [2.45, 2.75) is 38.8 Å². The fourth-order valence-corrected chi connectivity index (χ4v) is 4.17. The summed E-state index contributed by atoms with van der Waals surface area (Å²) in [5.74, 6) is 0. The van der Waals surface area contributed by atoms with E-state index in [-0.39, 0.29) is 6.04 Å². The summed E-state index contributed by atoms with van der Waals surface area (Å²) >= 11 is 0. The average Bonchev–Trinajstić information content (AvgIpc) is 2.75. The molecule has 0 bridgehead atoms. The Hall–Kier alpha value is -1.88. The third-order valence-electron chi connectivity index (χ3n) is 6.06. The lowest BCUT2D eigenvalue weighted by atomic mass is 9.94. The van der Waals surface area contributed by atoms with Crippen molar-refractivity contribution in [2.75, 3.05) is 45.0 Å². The van der Waals surface area contributed by atoms with Gasteiger partial charge in [-0.25, -0.2) is 0 Å². The first-order chi connectivity index (χ1) is 13.7. The van der Waals surface area contributed by atoms with Crippen molar-refractivity contribution in [3.05, 3.63) is 65.7 Å². The molecule has 0 aromatic heterocycles. The van der Waals surface area contributed by atoms with E-state index in [0.717, 1.165) is 18.8 Å². The summed E-state index contributed by atoms with van der Waals surface area (Å²) < 4.78 is 0. The molecule has 28 heavy (non-hydrogen) atoms. The Balaban J connectivity index is 1.61. The standard InChI is InChI=1S/C24H36N4/c1-3-27(4-2)18-19-28-16-14-21(15-17-28)26-24(20-10-6-5-7-11-20)22-12-8-9-13-23(22)25/h5-13,21,24,26H,3-4,14-19,25H2,1-2H3. The summed E-state index contributed by atoms with van der Waals surface area (Å²) in [7, 11) is 0. The molecule has 152 valence electrons. The van der Waals surface area contributed by atoms with Gasteiger partial charge in [0.1, 0.15) is 0 Å². The number of likely N-dealkylation sites (N-methyl/N-ethyl adjacent to an activating group) is 1. The first-order valence-electron chi connectivity index (χ1n) is 10.8. The zero-order valence-corrected chi connectivity index (χ0v) is 17.5. The van der Waals surface area contributed by atoms with E-state index in [1.165, 1.54) is 50.1 Å². The number of rotatable bonds is 9. The normalized spacial score (nSPS) is 17.1.